The first-order valence-corrected chi connectivity index (χ1v) is 9.45. The maximum absolute atomic E-state index is 12.6. The van der Waals surface area contributed by atoms with E-state index in [9.17, 15) is 9.59 Å². The van der Waals surface area contributed by atoms with Crippen LogP contribution in [0.4, 0.5) is 0 Å². The van der Waals surface area contributed by atoms with Gasteiger partial charge in [0.2, 0.25) is 0 Å². The van der Waals surface area contributed by atoms with Crippen molar-refractivity contribution in [1.82, 2.24) is 10.3 Å². The van der Waals surface area contributed by atoms with Gasteiger partial charge in [0.15, 0.2) is 11.3 Å². The highest BCUT2D eigenvalue weighted by molar-refractivity contribution is 5.97. The summed E-state index contributed by atoms with van der Waals surface area (Å²) in [4.78, 5) is 28.3. The Morgan fingerprint density at radius 1 is 1.17 bits per heavy atom. The second-order valence-corrected chi connectivity index (χ2v) is 7.11. The molecule has 0 radical (unpaired) electrons. The van der Waals surface area contributed by atoms with E-state index in [0.29, 0.717) is 29.7 Å². The molecule has 0 aliphatic heterocycles. The van der Waals surface area contributed by atoms with Gasteiger partial charge < -0.3 is 19.5 Å². The molecule has 4 aromatic rings. The van der Waals surface area contributed by atoms with Gasteiger partial charge in [-0.05, 0) is 50.1 Å². The third-order valence-corrected chi connectivity index (χ3v) is 5.12. The molecule has 4 rings (SSSR count). The molecular weight excluding hydrogens is 368 g/mol. The number of ether oxygens (including phenoxy) is 1. The first-order valence-electron chi connectivity index (χ1n) is 9.45. The number of carbonyl (C=O) groups is 1. The molecule has 2 aromatic heterocycles. The van der Waals surface area contributed by atoms with Crippen LogP contribution in [0.15, 0.2) is 51.7 Å². The highest BCUT2D eigenvalue weighted by Gasteiger charge is 2.16. The van der Waals surface area contributed by atoms with E-state index in [2.05, 4.69) is 35.4 Å². The van der Waals surface area contributed by atoms with Crippen molar-refractivity contribution in [3.8, 4) is 5.75 Å². The van der Waals surface area contributed by atoms with Crippen molar-refractivity contribution < 1.29 is 13.9 Å². The standard InChI is InChI=1S/C23H22N2O4/c1-13-7-8-19-17(11-13)16(14(2)25-19)9-10-24-22(26)18-12-15-5-4-6-20(28-3)21(15)29-23(18)27/h4-8,11-12,25H,9-10H2,1-3H3,(H,24,26). The minimum Gasteiger partial charge on any atom is -0.493 e. The van der Waals surface area contributed by atoms with Crippen molar-refractivity contribution >= 4 is 27.8 Å². The summed E-state index contributed by atoms with van der Waals surface area (Å²) < 4.78 is 10.5. The normalized spacial score (nSPS) is 11.1. The molecule has 2 N–H and O–H groups in total. The first-order chi connectivity index (χ1) is 14.0. The van der Waals surface area contributed by atoms with Crippen molar-refractivity contribution in [3.05, 3.63) is 75.3 Å². The number of fused-ring (bicyclic) bond motifs is 2. The van der Waals surface area contributed by atoms with Crippen LogP contribution in [-0.2, 0) is 6.42 Å². The molecule has 0 bridgehead atoms. The van der Waals surface area contributed by atoms with Crippen molar-refractivity contribution in [1.29, 1.82) is 0 Å². The number of hydrogen-bond donors (Lipinski definition) is 2. The SMILES string of the molecule is COc1cccc2cc(C(=O)NCCc3c(C)[nH]c4ccc(C)cc34)c(=O)oc12. The lowest BCUT2D eigenvalue weighted by atomic mass is 10.1. The summed E-state index contributed by atoms with van der Waals surface area (Å²) in [5, 5.41) is 4.63. The Morgan fingerprint density at radius 3 is 2.79 bits per heavy atom. The quantitative estimate of drug-likeness (QED) is 0.507. The van der Waals surface area contributed by atoms with Gasteiger partial charge in [0.25, 0.3) is 5.91 Å². The van der Waals surface area contributed by atoms with Crippen LogP contribution in [0.2, 0.25) is 0 Å². The molecule has 0 saturated heterocycles. The number of benzene rings is 2. The third kappa shape index (κ3) is 3.49. The second kappa shape index (κ2) is 7.47. The van der Waals surface area contributed by atoms with E-state index in [1.807, 2.05) is 6.92 Å². The number of para-hydroxylation sites is 1. The number of hydrogen-bond acceptors (Lipinski definition) is 4. The molecule has 29 heavy (non-hydrogen) atoms. The van der Waals surface area contributed by atoms with Gasteiger partial charge in [0.05, 0.1) is 7.11 Å². The zero-order valence-electron chi connectivity index (χ0n) is 16.6. The first kappa shape index (κ1) is 18.8. The summed E-state index contributed by atoms with van der Waals surface area (Å²) in [7, 11) is 1.50. The van der Waals surface area contributed by atoms with Crippen LogP contribution < -0.4 is 15.7 Å². The molecule has 6 heteroatoms. The van der Waals surface area contributed by atoms with Crippen molar-refractivity contribution in [2.24, 2.45) is 0 Å². The van der Waals surface area contributed by atoms with Crippen LogP contribution in [0.3, 0.4) is 0 Å². The molecule has 0 fully saturated rings. The number of rotatable bonds is 5. The fourth-order valence-electron chi connectivity index (χ4n) is 3.65. The summed E-state index contributed by atoms with van der Waals surface area (Å²) in [5.41, 5.74) is 4.15. The maximum atomic E-state index is 12.6. The Kier molecular flexibility index (Phi) is 4.84. The topological polar surface area (TPSA) is 84.3 Å². The van der Waals surface area contributed by atoms with E-state index in [0.717, 1.165) is 16.6 Å². The number of carbonyl (C=O) groups excluding carboxylic acids is 1. The van der Waals surface area contributed by atoms with Crippen molar-refractivity contribution in [2.75, 3.05) is 13.7 Å². The second-order valence-electron chi connectivity index (χ2n) is 7.11. The summed E-state index contributed by atoms with van der Waals surface area (Å²) in [6.45, 7) is 4.50. The molecule has 6 nitrogen and oxygen atoms in total. The summed E-state index contributed by atoms with van der Waals surface area (Å²) in [6.07, 6.45) is 0.660. The molecule has 0 spiro atoms. The number of methoxy groups -OCH3 is 1. The van der Waals surface area contributed by atoms with Crippen LogP contribution >= 0.6 is 0 Å². The van der Waals surface area contributed by atoms with Gasteiger partial charge in [-0.1, -0.05) is 23.8 Å². The molecule has 0 aliphatic carbocycles. The molecule has 2 heterocycles. The van der Waals surface area contributed by atoms with Gasteiger partial charge in [-0.25, -0.2) is 4.79 Å². The number of aromatic nitrogens is 1. The van der Waals surface area contributed by atoms with E-state index in [4.69, 9.17) is 9.15 Å². The fraction of sp³-hybridized carbons (Fsp3) is 0.217. The lowest BCUT2D eigenvalue weighted by molar-refractivity contribution is 0.0950. The molecule has 0 saturated carbocycles. The Balaban J connectivity index is 1.54. The van der Waals surface area contributed by atoms with Gasteiger partial charge in [-0.3, -0.25) is 4.79 Å². The number of aryl methyl sites for hydroxylation is 2. The fourth-order valence-corrected chi connectivity index (χ4v) is 3.65. The van der Waals surface area contributed by atoms with Crippen LogP contribution in [0.5, 0.6) is 5.75 Å². The third-order valence-electron chi connectivity index (χ3n) is 5.12. The Bertz CT molecular complexity index is 1280. The smallest absolute Gasteiger partial charge is 0.349 e. The van der Waals surface area contributed by atoms with E-state index in [-0.39, 0.29) is 5.56 Å². The zero-order valence-corrected chi connectivity index (χ0v) is 16.6. The van der Waals surface area contributed by atoms with E-state index < -0.39 is 11.5 Å². The highest BCUT2D eigenvalue weighted by Crippen LogP contribution is 2.25. The summed E-state index contributed by atoms with van der Waals surface area (Å²) in [6, 6.07) is 13.1. The Labute approximate surface area is 167 Å². The minimum atomic E-state index is -0.682. The molecular formula is C23H22N2O4. The monoisotopic (exact) mass is 390 g/mol. The zero-order chi connectivity index (χ0) is 20.5. The number of H-pyrrole nitrogens is 1. The van der Waals surface area contributed by atoms with E-state index in [1.54, 1.807) is 24.3 Å². The van der Waals surface area contributed by atoms with E-state index >= 15 is 0 Å². The average Bonchev–Trinajstić information content (AvgIpc) is 3.01. The molecule has 1 amide bonds. The van der Waals surface area contributed by atoms with Crippen LogP contribution in [0.25, 0.3) is 21.9 Å². The van der Waals surface area contributed by atoms with E-state index in [1.165, 1.54) is 18.2 Å². The number of aromatic amines is 1. The highest BCUT2D eigenvalue weighted by atomic mass is 16.5. The van der Waals surface area contributed by atoms with Crippen molar-refractivity contribution in [2.45, 2.75) is 20.3 Å². The van der Waals surface area contributed by atoms with Gasteiger partial charge >= 0.3 is 5.63 Å². The number of nitrogens with one attached hydrogen (secondary N) is 2. The predicted molar refractivity (Wildman–Crippen MR) is 113 cm³/mol. The predicted octanol–water partition coefficient (Wildman–Crippen LogP) is 3.87. The Morgan fingerprint density at radius 2 is 2.00 bits per heavy atom. The van der Waals surface area contributed by atoms with Crippen molar-refractivity contribution in [3.63, 3.8) is 0 Å². The molecule has 0 atom stereocenters. The summed E-state index contributed by atoms with van der Waals surface area (Å²) >= 11 is 0. The summed E-state index contributed by atoms with van der Waals surface area (Å²) in [5.74, 6) is 0.00816. The van der Waals surface area contributed by atoms with Gasteiger partial charge in [-0.2, -0.15) is 0 Å². The van der Waals surface area contributed by atoms with Gasteiger partial charge in [-0.15, -0.1) is 0 Å². The Hall–Kier alpha value is -3.54. The maximum Gasteiger partial charge on any atom is 0.349 e. The lowest BCUT2D eigenvalue weighted by Gasteiger charge is -2.07. The molecule has 148 valence electrons. The minimum absolute atomic E-state index is 0.0164. The van der Waals surface area contributed by atoms with Gasteiger partial charge in [0, 0.05) is 28.5 Å². The average molecular weight is 390 g/mol. The molecule has 0 unspecified atom stereocenters. The van der Waals surface area contributed by atoms with Gasteiger partial charge in [0.1, 0.15) is 5.56 Å². The van der Waals surface area contributed by atoms with Crippen LogP contribution in [0.1, 0.15) is 27.2 Å². The largest absolute Gasteiger partial charge is 0.493 e. The lowest BCUT2D eigenvalue weighted by Crippen LogP contribution is -2.30. The van der Waals surface area contributed by atoms with Crippen LogP contribution in [-0.4, -0.2) is 24.5 Å². The molecule has 0 aliphatic rings. The van der Waals surface area contributed by atoms with Crippen LogP contribution in [0, 0.1) is 13.8 Å². The number of amides is 1. The molecule has 2 aromatic carbocycles.